The molecule has 0 bridgehead atoms. The molecule has 0 aliphatic carbocycles. The third kappa shape index (κ3) is 3.62. The Hall–Kier alpha value is -3.07. The number of nitrogens with one attached hydrogen (secondary N) is 1. The van der Waals surface area contributed by atoms with Gasteiger partial charge in [-0.15, -0.1) is 0 Å². The normalized spacial score (nSPS) is 11.4. The highest BCUT2D eigenvalue weighted by Crippen LogP contribution is 2.12. The van der Waals surface area contributed by atoms with Crippen molar-refractivity contribution < 1.29 is 17.6 Å². The maximum absolute atomic E-state index is 12.6. The molecular formula is C17H17N3O5S. The Morgan fingerprint density at radius 2 is 1.88 bits per heavy atom. The van der Waals surface area contributed by atoms with Gasteiger partial charge in [0, 0.05) is 12.4 Å². The van der Waals surface area contributed by atoms with Crippen molar-refractivity contribution in [3.05, 3.63) is 76.9 Å². The van der Waals surface area contributed by atoms with Crippen molar-refractivity contribution in [2.75, 3.05) is 0 Å². The summed E-state index contributed by atoms with van der Waals surface area (Å²) in [5, 5.41) is 2.60. The lowest BCUT2D eigenvalue weighted by Crippen LogP contribution is -2.34. The molecule has 9 heteroatoms. The zero-order valence-corrected chi connectivity index (χ0v) is 14.8. The second kappa shape index (κ2) is 7.04. The molecule has 3 rings (SSSR count). The zero-order valence-electron chi connectivity index (χ0n) is 14.0. The Balaban J connectivity index is 1.76. The number of hydrogen-bond acceptors (Lipinski definition) is 5. The van der Waals surface area contributed by atoms with E-state index in [4.69, 9.17) is 4.42 Å². The Labute approximate surface area is 149 Å². The number of rotatable bonds is 6. The number of aromatic nitrogens is 2. The molecule has 0 aliphatic heterocycles. The average Bonchev–Trinajstić information content (AvgIpc) is 3.24. The number of imidazole rings is 1. The molecule has 136 valence electrons. The molecule has 0 fully saturated rings. The molecule has 0 atom stereocenters. The number of furan rings is 1. The number of benzene rings is 1. The maximum atomic E-state index is 12.6. The highest BCUT2D eigenvalue weighted by Gasteiger charge is 2.21. The lowest BCUT2D eigenvalue weighted by atomic mass is 10.2. The molecule has 0 radical (unpaired) electrons. The quantitative estimate of drug-likeness (QED) is 0.695. The maximum Gasteiger partial charge on any atom is 0.342 e. The van der Waals surface area contributed by atoms with Gasteiger partial charge >= 0.3 is 5.69 Å². The minimum Gasteiger partial charge on any atom is -0.467 e. The van der Waals surface area contributed by atoms with Crippen LogP contribution in [0.5, 0.6) is 0 Å². The SMILES string of the molecule is Cc1ccc(S(=O)(=O)n2ccn(CC(=O)NCc3ccco3)c2=O)cc1. The van der Waals surface area contributed by atoms with Gasteiger partial charge < -0.3 is 9.73 Å². The number of amides is 1. The molecule has 1 amide bonds. The Kier molecular flexibility index (Phi) is 4.81. The minimum atomic E-state index is -4.01. The number of nitrogens with zero attached hydrogens (tertiary/aromatic N) is 2. The van der Waals surface area contributed by atoms with E-state index >= 15 is 0 Å². The Bertz CT molecular complexity index is 1060. The summed E-state index contributed by atoms with van der Waals surface area (Å²) in [5.41, 5.74) is 0.0980. The number of aryl methyl sites for hydroxylation is 1. The second-order valence-corrected chi connectivity index (χ2v) is 7.49. The molecule has 0 saturated heterocycles. The van der Waals surface area contributed by atoms with Gasteiger partial charge in [-0.3, -0.25) is 9.36 Å². The van der Waals surface area contributed by atoms with Crippen LogP contribution in [0.1, 0.15) is 11.3 Å². The van der Waals surface area contributed by atoms with Crippen LogP contribution in [0.4, 0.5) is 0 Å². The van der Waals surface area contributed by atoms with Crippen LogP contribution < -0.4 is 11.0 Å². The van der Waals surface area contributed by atoms with E-state index in [9.17, 15) is 18.0 Å². The number of carbonyl (C=O) groups excluding carboxylic acids is 1. The van der Waals surface area contributed by atoms with E-state index < -0.39 is 21.6 Å². The molecule has 2 heterocycles. The third-order valence-electron chi connectivity index (χ3n) is 3.75. The van der Waals surface area contributed by atoms with Crippen LogP contribution in [0, 0.1) is 6.92 Å². The predicted octanol–water partition coefficient (Wildman–Crippen LogP) is 1.10. The van der Waals surface area contributed by atoms with E-state index in [2.05, 4.69) is 5.32 Å². The van der Waals surface area contributed by atoms with Gasteiger partial charge in [0.1, 0.15) is 12.3 Å². The van der Waals surface area contributed by atoms with Crippen LogP contribution in [0.25, 0.3) is 0 Å². The lowest BCUT2D eigenvalue weighted by molar-refractivity contribution is -0.121. The van der Waals surface area contributed by atoms with Gasteiger partial charge in [-0.1, -0.05) is 17.7 Å². The van der Waals surface area contributed by atoms with Crippen LogP contribution in [-0.4, -0.2) is 22.9 Å². The summed E-state index contributed by atoms with van der Waals surface area (Å²) in [4.78, 5) is 24.3. The molecule has 0 unspecified atom stereocenters. The van der Waals surface area contributed by atoms with Crippen LogP contribution in [-0.2, 0) is 27.9 Å². The largest absolute Gasteiger partial charge is 0.467 e. The molecule has 26 heavy (non-hydrogen) atoms. The predicted molar refractivity (Wildman–Crippen MR) is 93.0 cm³/mol. The first-order chi connectivity index (χ1) is 12.4. The van der Waals surface area contributed by atoms with E-state index in [0.717, 1.165) is 16.3 Å². The van der Waals surface area contributed by atoms with Gasteiger partial charge in [-0.2, -0.15) is 3.97 Å². The molecule has 3 aromatic rings. The van der Waals surface area contributed by atoms with Crippen molar-refractivity contribution in [1.29, 1.82) is 0 Å². The first-order valence-corrected chi connectivity index (χ1v) is 9.21. The minimum absolute atomic E-state index is 0.00483. The summed E-state index contributed by atoms with van der Waals surface area (Å²) in [6, 6.07) is 9.57. The zero-order chi connectivity index (χ0) is 18.7. The van der Waals surface area contributed by atoms with Crippen LogP contribution in [0.2, 0.25) is 0 Å². The summed E-state index contributed by atoms with van der Waals surface area (Å²) >= 11 is 0. The van der Waals surface area contributed by atoms with E-state index in [1.807, 2.05) is 6.92 Å². The van der Waals surface area contributed by atoms with Gasteiger partial charge in [0.05, 0.1) is 17.7 Å². The van der Waals surface area contributed by atoms with Gasteiger partial charge in [0.2, 0.25) is 5.91 Å². The summed E-state index contributed by atoms with van der Waals surface area (Å²) in [6.45, 7) is 1.72. The van der Waals surface area contributed by atoms with E-state index in [1.165, 1.54) is 24.6 Å². The molecule has 0 aliphatic rings. The molecule has 2 aromatic heterocycles. The molecular weight excluding hydrogens is 358 g/mol. The Morgan fingerprint density at radius 1 is 1.15 bits per heavy atom. The molecule has 1 N–H and O–H groups in total. The van der Waals surface area contributed by atoms with E-state index in [1.54, 1.807) is 24.3 Å². The smallest absolute Gasteiger partial charge is 0.342 e. The highest BCUT2D eigenvalue weighted by molar-refractivity contribution is 7.90. The van der Waals surface area contributed by atoms with Crippen molar-refractivity contribution in [2.45, 2.75) is 24.9 Å². The van der Waals surface area contributed by atoms with Gasteiger partial charge in [0.25, 0.3) is 10.0 Å². The van der Waals surface area contributed by atoms with E-state index in [-0.39, 0.29) is 18.0 Å². The monoisotopic (exact) mass is 375 g/mol. The Morgan fingerprint density at radius 3 is 2.54 bits per heavy atom. The molecule has 0 saturated carbocycles. The van der Waals surface area contributed by atoms with Gasteiger partial charge in [0.15, 0.2) is 0 Å². The fraction of sp³-hybridized carbons (Fsp3) is 0.176. The second-order valence-electron chi connectivity index (χ2n) is 5.68. The van der Waals surface area contributed by atoms with Gasteiger partial charge in [-0.05, 0) is 31.2 Å². The van der Waals surface area contributed by atoms with Crippen LogP contribution in [0.15, 0.2) is 69.2 Å². The summed E-state index contributed by atoms with van der Waals surface area (Å²) in [6.07, 6.45) is 3.89. The molecule has 1 aromatic carbocycles. The third-order valence-corrected chi connectivity index (χ3v) is 5.41. The van der Waals surface area contributed by atoms with Crippen molar-refractivity contribution in [2.24, 2.45) is 0 Å². The molecule has 0 spiro atoms. The number of hydrogen-bond donors (Lipinski definition) is 1. The van der Waals surface area contributed by atoms with Crippen molar-refractivity contribution in [3.8, 4) is 0 Å². The lowest BCUT2D eigenvalue weighted by Gasteiger charge is -2.05. The fourth-order valence-corrected chi connectivity index (χ4v) is 3.56. The summed E-state index contributed by atoms with van der Waals surface area (Å²) in [7, 11) is -4.01. The first-order valence-electron chi connectivity index (χ1n) is 7.77. The average molecular weight is 375 g/mol. The first kappa shape index (κ1) is 17.7. The summed E-state index contributed by atoms with van der Waals surface area (Å²) in [5.74, 6) is 0.138. The standard InChI is InChI=1S/C17H17N3O5S/c1-13-4-6-15(7-5-13)26(23,24)20-9-8-19(17(20)22)12-16(21)18-11-14-3-2-10-25-14/h2-10H,11-12H2,1H3,(H,18,21). The van der Waals surface area contributed by atoms with Gasteiger partial charge in [-0.25, -0.2) is 13.2 Å². The summed E-state index contributed by atoms with van der Waals surface area (Å²) < 4.78 is 31.9. The van der Waals surface area contributed by atoms with Crippen LogP contribution >= 0.6 is 0 Å². The fourth-order valence-electron chi connectivity index (χ4n) is 2.33. The van der Waals surface area contributed by atoms with Crippen molar-refractivity contribution in [3.63, 3.8) is 0 Å². The van der Waals surface area contributed by atoms with Crippen LogP contribution in [0.3, 0.4) is 0 Å². The highest BCUT2D eigenvalue weighted by atomic mass is 32.2. The number of carbonyl (C=O) groups is 1. The molecule has 8 nitrogen and oxygen atoms in total. The van der Waals surface area contributed by atoms with Crippen molar-refractivity contribution in [1.82, 2.24) is 13.9 Å². The van der Waals surface area contributed by atoms with Crippen molar-refractivity contribution >= 4 is 15.9 Å². The van der Waals surface area contributed by atoms with E-state index in [0.29, 0.717) is 9.73 Å². The topological polar surface area (TPSA) is 103 Å².